The molecule has 0 aliphatic carbocycles. The molecule has 4 nitrogen and oxygen atoms in total. The van der Waals surface area contributed by atoms with Crippen molar-refractivity contribution in [2.24, 2.45) is 0 Å². The van der Waals surface area contributed by atoms with Crippen LogP contribution in [-0.2, 0) is 6.54 Å². The zero-order valence-electron chi connectivity index (χ0n) is 5.38. The van der Waals surface area contributed by atoms with Crippen molar-refractivity contribution >= 4 is 23.2 Å². The summed E-state index contributed by atoms with van der Waals surface area (Å²) in [5, 5.41) is 15.8. The third kappa shape index (κ3) is 2.27. The van der Waals surface area contributed by atoms with Crippen LogP contribution in [0.1, 0.15) is 5.56 Å². The molecule has 0 aliphatic rings. The topological polar surface area (TPSA) is 58.0 Å². The lowest BCUT2D eigenvalue weighted by Crippen LogP contribution is -2.07. The summed E-state index contributed by atoms with van der Waals surface area (Å²) in [6.45, 7) is 0.202. The van der Waals surface area contributed by atoms with E-state index >= 15 is 0 Å². The first-order valence-electron chi connectivity index (χ1n) is 2.78. The van der Waals surface area contributed by atoms with Gasteiger partial charge in [-0.2, -0.15) is 0 Å². The quantitative estimate of drug-likeness (QED) is 0.695. The van der Waals surface area contributed by atoms with Gasteiger partial charge in [-0.1, -0.05) is 23.2 Å². The van der Waals surface area contributed by atoms with Gasteiger partial charge >= 0.3 is 0 Å². The molecule has 0 spiro atoms. The Bertz CT molecular complexity index is 255. The molecule has 11 heavy (non-hydrogen) atoms. The first kappa shape index (κ1) is 8.67. The molecule has 1 heterocycles. The third-order valence-electron chi connectivity index (χ3n) is 1.06. The van der Waals surface area contributed by atoms with Crippen LogP contribution in [0.15, 0.2) is 6.07 Å². The summed E-state index contributed by atoms with van der Waals surface area (Å²) in [4.78, 5) is 0. The molecule has 1 aromatic rings. The van der Waals surface area contributed by atoms with E-state index in [4.69, 9.17) is 28.4 Å². The minimum Gasteiger partial charge on any atom is -0.316 e. The number of halogens is 2. The molecule has 0 aromatic carbocycles. The van der Waals surface area contributed by atoms with Gasteiger partial charge in [-0.25, -0.2) is 5.48 Å². The van der Waals surface area contributed by atoms with Crippen LogP contribution in [-0.4, -0.2) is 15.4 Å². The first-order chi connectivity index (χ1) is 5.24. The Morgan fingerprint density at radius 3 is 2.82 bits per heavy atom. The lowest BCUT2D eigenvalue weighted by Gasteiger charge is -1.99. The van der Waals surface area contributed by atoms with Crippen molar-refractivity contribution in [3.63, 3.8) is 0 Å². The summed E-state index contributed by atoms with van der Waals surface area (Å²) in [6, 6.07) is 1.53. The monoisotopic (exact) mass is 193 g/mol. The van der Waals surface area contributed by atoms with Crippen LogP contribution >= 0.6 is 23.2 Å². The fourth-order valence-corrected chi connectivity index (χ4v) is 0.926. The van der Waals surface area contributed by atoms with Crippen molar-refractivity contribution in [1.29, 1.82) is 0 Å². The van der Waals surface area contributed by atoms with Gasteiger partial charge in [0.25, 0.3) is 0 Å². The van der Waals surface area contributed by atoms with Gasteiger partial charge in [-0.05, 0) is 6.07 Å². The number of hydrogen-bond donors (Lipinski definition) is 2. The maximum absolute atomic E-state index is 8.34. The standard InChI is InChI=1S/C5H5Cl2N3O/c6-4-1-3(2-8-11)5(7)10-9-4/h1,8,11H,2H2. The number of hydroxylamine groups is 1. The number of nitrogens with one attached hydrogen (secondary N) is 1. The van der Waals surface area contributed by atoms with Gasteiger partial charge in [-0.3, -0.25) is 0 Å². The summed E-state index contributed by atoms with van der Waals surface area (Å²) in [5.74, 6) is 0. The Hall–Kier alpha value is -0.420. The SMILES string of the molecule is ONCc1cc(Cl)nnc1Cl. The lowest BCUT2D eigenvalue weighted by atomic mass is 10.3. The highest BCUT2D eigenvalue weighted by Gasteiger charge is 2.02. The Labute approximate surface area is 73.1 Å². The van der Waals surface area contributed by atoms with Gasteiger partial charge < -0.3 is 5.21 Å². The summed E-state index contributed by atoms with van der Waals surface area (Å²) in [7, 11) is 0. The highest BCUT2D eigenvalue weighted by Crippen LogP contribution is 2.14. The smallest absolute Gasteiger partial charge is 0.156 e. The largest absolute Gasteiger partial charge is 0.316 e. The number of rotatable bonds is 2. The maximum atomic E-state index is 8.34. The Kier molecular flexibility index (Phi) is 3.02. The van der Waals surface area contributed by atoms with Crippen LogP contribution in [0.5, 0.6) is 0 Å². The number of aromatic nitrogens is 2. The molecule has 0 unspecified atom stereocenters. The molecule has 0 radical (unpaired) electrons. The van der Waals surface area contributed by atoms with Gasteiger partial charge in [0, 0.05) is 12.1 Å². The van der Waals surface area contributed by atoms with E-state index in [0.29, 0.717) is 5.56 Å². The minimum atomic E-state index is 0.202. The molecule has 60 valence electrons. The Morgan fingerprint density at radius 2 is 2.18 bits per heavy atom. The average Bonchev–Trinajstić information content (AvgIpc) is 1.98. The first-order valence-corrected chi connectivity index (χ1v) is 3.54. The zero-order valence-corrected chi connectivity index (χ0v) is 6.89. The molecule has 1 rings (SSSR count). The van der Waals surface area contributed by atoms with E-state index in [-0.39, 0.29) is 16.9 Å². The van der Waals surface area contributed by atoms with E-state index in [9.17, 15) is 0 Å². The predicted molar refractivity (Wildman–Crippen MR) is 40.7 cm³/mol. The molecule has 0 atom stereocenters. The van der Waals surface area contributed by atoms with Crippen LogP contribution in [0.4, 0.5) is 0 Å². The van der Waals surface area contributed by atoms with Crippen LogP contribution < -0.4 is 5.48 Å². The van der Waals surface area contributed by atoms with Crippen molar-refractivity contribution in [3.05, 3.63) is 21.9 Å². The second-order valence-corrected chi connectivity index (χ2v) is 2.56. The molecule has 2 N–H and O–H groups in total. The predicted octanol–water partition coefficient (Wildman–Crippen LogP) is 1.26. The molecule has 0 aliphatic heterocycles. The van der Waals surface area contributed by atoms with Gasteiger partial charge in [0.1, 0.15) is 0 Å². The lowest BCUT2D eigenvalue weighted by molar-refractivity contribution is 0.161. The third-order valence-corrected chi connectivity index (χ3v) is 1.56. The Balaban J connectivity index is 2.93. The molecule has 6 heteroatoms. The van der Waals surface area contributed by atoms with Gasteiger partial charge in [0.05, 0.1) is 0 Å². The maximum Gasteiger partial charge on any atom is 0.156 e. The van der Waals surface area contributed by atoms with E-state index in [1.165, 1.54) is 6.07 Å². The number of hydrogen-bond acceptors (Lipinski definition) is 4. The van der Waals surface area contributed by atoms with E-state index in [2.05, 4.69) is 10.2 Å². The van der Waals surface area contributed by atoms with E-state index in [1.807, 2.05) is 5.48 Å². The summed E-state index contributed by atoms with van der Waals surface area (Å²) >= 11 is 11.1. The summed E-state index contributed by atoms with van der Waals surface area (Å²) in [5.41, 5.74) is 2.55. The van der Waals surface area contributed by atoms with Crippen molar-refractivity contribution in [3.8, 4) is 0 Å². The van der Waals surface area contributed by atoms with Crippen molar-refractivity contribution in [1.82, 2.24) is 15.7 Å². The highest BCUT2D eigenvalue weighted by atomic mass is 35.5. The fraction of sp³-hybridized carbons (Fsp3) is 0.200. The van der Waals surface area contributed by atoms with E-state index < -0.39 is 0 Å². The molecule has 0 fully saturated rings. The molecule has 0 amide bonds. The van der Waals surface area contributed by atoms with E-state index in [0.717, 1.165) is 0 Å². The van der Waals surface area contributed by atoms with Gasteiger partial charge in [0.2, 0.25) is 0 Å². The van der Waals surface area contributed by atoms with Crippen LogP contribution in [0.2, 0.25) is 10.3 Å². The average molecular weight is 194 g/mol. The minimum absolute atomic E-state index is 0.202. The normalized spacial score (nSPS) is 10.1. The van der Waals surface area contributed by atoms with Crippen molar-refractivity contribution in [2.75, 3.05) is 0 Å². The molecule has 1 aromatic heterocycles. The van der Waals surface area contributed by atoms with Gasteiger partial charge in [-0.15, -0.1) is 10.2 Å². The molecule has 0 saturated carbocycles. The van der Waals surface area contributed by atoms with Crippen molar-refractivity contribution < 1.29 is 5.21 Å². The van der Waals surface area contributed by atoms with Crippen LogP contribution in [0.3, 0.4) is 0 Å². The van der Waals surface area contributed by atoms with Crippen LogP contribution in [0.25, 0.3) is 0 Å². The zero-order chi connectivity index (χ0) is 8.27. The van der Waals surface area contributed by atoms with Gasteiger partial charge in [0.15, 0.2) is 10.3 Å². The van der Waals surface area contributed by atoms with Crippen molar-refractivity contribution in [2.45, 2.75) is 6.54 Å². The fourth-order valence-electron chi connectivity index (χ4n) is 0.597. The molecule has 0 saturated heterocycles. The molecular formula is C5H5Cl2N3O. The molecular weight excluding hydrogens is 189 g/mol. The summed E-state index contributed by atoms with van der Waals surface area (Å²) < 4.78 is 0. The second-order valence-electron chi connectivity index (χ2n) is 1.82. The second kappa shape index (κ2) is 3.82. The van der Waals surface area contributed by atoms with E-state index in [1.54, 1.807) is 0 Å². The molecule has 0 bridgehead atoms. The highest BCUT2D eigenvalue weighted by molar-refractivity contribution is 6.31. The summed E-state index contributed by atoms with van der Waals surface area (Å²) in [6.07, 6.45) is 0. The Morgan fingerprint density at radius 1 is 1.45 bits per heavy atom. The van der Waals surface area contributed by atoms with Crippen LogP contribution in [0, 0.1) is 0 Å². The number of nitrogens with zero attached hydrogens (tertiary/aromatic N) is 2.